The second kappa shape index (κ2) is 7.72. The number of ether oxygens (including phenoxy) is 1. The van der Waals surface area contributed by atoms with Crippen LogP contribution in [-0.4, -0.2) is 83.0 Å². The Balaban J connectivity index is 1.26. The smallest absolute Gasteiger partial charge is 0.141 e. The maximum Gasteiger partial charge on any atom is 0.141 e. The number of aliphatic hydroxyl groups excluding tert-OH is 3. The molecule has 11 atom stereocenters. The lowest BCUT2D eigenvalue weighted by molar-refractivity contribution is -0.142. The number of alkyl halides is 1. The lowest BCUT2D eigenvalue weighted by Crippen LogP contribution is -2.62. The van der Waals surface area contributed by atoms with Crippen molar-refractivity contribution in [3.05, 3.63) is 0 Å². The molecule has 0 spiro atoms. The van der Waals surface area contributed by atoms with Gasteiger partial charge in [0.2, 0.25) is 0 Å². The van der Waals surface area contributed by atoms with Crippen LogP contribution in [0, 0.1) is 23.7 Å². The number of nitrogens with one attached hydrogen (secondary N) is 2. The van der Waals surface area contributed by atoms with Crippen LogP contribution in [0.3, 0.4) is 0 Å². The number of hydrogen-bond acceptors (Lipinski definition) is 7. The molecule has 3 saturated heterocycles. The molecule has 3 aliphatic heterocycles. The fraction of sp³-hybridized carbons (Fsp3) is 1.00. The van der Waals surface area contributed by atoms with E-state index < -0.39 is 37.3 Å². The Morgan fingerprint density at radius 3 is 2.54 bits per heavy atom. The Morgan fingerprint density at radius 1 is 1.04 bits per heavy atom. The number of hydrogen-bond donors (Lipinski definition) is 5. The van der Waals surface area contributed by atoms with Crippen molar-refractivity contribution in [3.63, 3.8) is 0 Å². The number of aliphatic hydroxyl groups is 3. The van der Waals surface area contributed by atoms with Gasteiger partial charge in [-0.15, -0.1) is 0 Å². The highest BCUT2D eigenvalue weighted by atomic mass is 19.1. The summed E-state index contributed by atoms with van der Waals surface area (Å²) in [6.45, 7) is 0.762. The Morgan fingerprint density at radius 2 is 1.82 bits per heavy atom. The molecule has 0 aromatic carbocycles. The van der Waals surface area contributed by atoms with Crippen molar-refractivity contribution in [1.29, 1.82) is 0 Å². The predicted octanol–water partition coefficient (Wildman–Crippen LogP) is -0.243. The van der Waals surface area contributed by atoms with Crippen LogP contribution in [0.25, 0.3) is 0 Å². The first-order valence-corrected chi connectivity index (χ1v) is 11.1. The molecule has 3 heterocycles. The van der Waals surface area contributed by atoms with Gasteiger partial charge in [0.1, 0.15) is 31.2 Å². The van der Waals surface area contributed by atoms with Crippen LogP contribution in [0.1, 0.15) is 38.5 Å². The minimum atomic E-state index is -1.10. The summed E-state index contributed by atoms with van der Waals surface area (Å²) < 4.78 is 19.4. The van der Waals surface area contributed by atoms with Crippen LogP contribution in [0.15, 0.2) is 0 Å². The van der Waals surface area contributed by atoms with E-state index in [1.165, 1.54) is 12.8 Å². The number of rotatable bonds is 4. The van der Waals surface area contributed by atoms with E-state index in [1.54, 1.807) is 0 Å². The Hall–Kier alpha value is -0.350. The fourth-order valence-electron chi connectivity index (χ4n) is 6.51. The third-order valence-corrected chi connectivity index (χ3v) is 8.35. The predicted molar refractivity (Wildman–Crippen MR) is 99.7 cm³/mol. The van der Waals surface area contributed by atoms with E-state index in [9.17, 15) is 19.7 Å². The molecular weight excluding hydrogens is 365 g/mol. The number of nitrogens with zero attached hydrogens (tertiary/aromatic N) is 1. The van der Waals surface area contributed by atoms with Crippen LogP contribution in [0.4, 0.5) is 4.39 Å². The molecule has 5 N–H and O–H groups in total. The molecule has 28 heavy (non-hydrogen) atoms. The summed E-state index contributed by atoms with van der Waals surface area (Å²) in [7, 11) is 0. The van der Waals surface area contributed by atoms with Gasteiger partial charge in [-0.2, -0.15) is 0 Å². The first-order valence-electron chi connectivity index (χ1n) is 11.1. The van der Waals surface area contributed by atoms with Gasteiger partial charge in [-0.3, -0.25) is 15.5 Å². The largest absolute Gasteiger partial charge is 0.390 e. The SMILES string of the molecule is O[C@@H]1[C@H](O)[C@@H]([C@H](O)C2CCC3CCC3C2)O[C@H]1N1CCC2C(CF)NCNC21. The zero-order valence-corrected chi connectivity index (χ0v) is 16.3. The van der Waals surface area contributed by atoms with Gasteiger partial charge >= 0.3 is 0 Å². The Kier molecular flexibility index (Phi) is 5.41. The number of halogens is 1. The van der Waals surface area contributed by atoms with Gasteiger partial charge in [0.05, 0.1) is 12.3 Å². The van der Waals surface area contributed by atoms with Gasteiger partial charge in [-0.25, -0.2) is 4.39 Å². The molecule has 2 saturated carbocycles. The molecule has 5 aliphatic rings. The molecule has 6 unspecified atom stereocenters. The van der Waals surface area contributed by atoms with Crippen molar-refractivity contribution in [2.24, 2.45) is 23.7 Å². The molecule has 160 valence electrons. The summed E-state index contributed by atoms with van der Waals surface area (Å²) in [5, 5.41) is 38.8. The second-order valence-electron chi connectivity index (χ2n) is 9.61. The van der Waals surface area contributed by atoms with Crippen LogP contribution >= 0.6 is 0 Å². The van der Waals surface area contributed by atoms with Crippen molar-refractivity contribution in [1.82, 2.24) is 15.5 Å². The maximum atomic E-state index is 13.3. The average molecular weight is 400 g/mol. The summed E-state index contributed by atoms with van der Waals surface area (Å²) in [4.78, 5) is 2.01. The Bertz CT molecular complexity index is 572. The van der Waals surface area contributed by atoms with Gasteiger partial charge in [0, 0.05) is 25.2 Å². The van der Waals surface area contributed by atoms with E-state index in [1.807, 2.05) is 4.90 Å². The maximum absolute atomic E-state index is 13.3. The normalized spacial score (nSPS) is 52.7. The molecule has 5 fully saturated rings. The minimum absolute atomic E-state index is 0.0878. The lowest BCUT2D eigenvalue weighted by Gasteiger charge is -2.45. The summed E-state index contributed by atoms with van der Waals surface area (Å²) in [5.41, 5.74) is 0. The van der Waals surface area contributed by atoms with Crippen molar-refractivity contribution in [2.45, 2.75) is 81.4 Å². The number of likely N-dealkylation sites (tertiary alicyclic amines) is 1. The van der Waals surface area contributed by atoms with Gasteiger partial charge in [0.15, 0.2) is 0 Å². The second-order valence-corrected chi connectivity index (χ2v) is 9.61. The van der Waals surface area contributed by atoms with E-state index in [-0.39, 0.29) is 24.0 Å². The molecule has 0 aromatic rings. The van der Waals surface area contributed by atoms with Gasteiger partial charge in [-0.05, 0) is 56.3 Å². The molecule has 0 bridgehead atoms. The first-order chi connectivity index (χ1) is 13.6. The van der Waals surface area contributed by atoms with Crippen LogP contribution in [0.5, 0.6) is 0 Å². The third kappa shape index (κ3) is 3.12. The highest BCUT2D eigenvalue weighted by Crippen LogP contribution is 2.48. The topological polar surface area (TPSA) is 97.2 Å². The molecule has 8 heteroatoms. The molecule has 0 radical (unpaired) electrons. The summed E-state index contributed by atoms with van der Waals surface area (Å²) in [5.74, 6) is 1.77. The molecule has 0 aromatic heterocycles. The van der Waals surface area contributed by atoms with Gasteiger partial charge < -0.3 is 20.1 Å². The van der Waals surface area contributed by atoms with Gasteiger partial charge in [-0.1, -0.05) is 0 Å². The zero-order valence-electron chi connectivity index (χ0n) is 16.3. The van der Waals surface area contributed by atoms with E-state index in [4.69, 9.17) is 4.74 Å². The summed E-state index contributed by atoms with van der Waals surface area (Å²) in [6.07, 6.45) is 2.04. The first kappa shape index (κ1) is 19.6. The van der Waals surface area contributed by atoms with Gasteiger partial charge in [0.25, 0.3) is 0 Å². The highest BCUT2D eigenvalue weighted by Gasteiger charge is 2.54. The monoisotopic (exact) mass is 399 g/mol. The standard InChI is InChI=1S/C20H34FN3O4/c21-8-14-13-5-6-24(19(13)23-9-22-14)20-17(27)16(26)18(28-20)15(25)12-4-2-10-1-3-11(10)7-12/h10-20,22-23,25-27H,1-9H2/t10?,11?,12?,13?,14?,15-,16+,17-,18-,19?,20-/m1/s1. The summed E-state index contributed by atoms with van der Waals surface area (Å²) >= 11 is 0. The van der Waals surface area contributed by atoms with Crippen LogP contribution in [-0.2, 0) is 4.74 Å². The Labute approximate surface area is 165 Å². The minimum Gasteiger partial charge on any atom is -0.390 e. The average Bonchev–Trinajstić information content (AvgIpc) is 3.24. The van der Waals surface area contributed by atoms with E-state index in [2.05, 4.69) is 10.6 Å². The molecule has 5 rings (SSSR count). The molecular formula is C20H34FN3O4. The van der Waals surface area contributed by atoms with Crippen LogP contribution < -0.4 is 10.6 Å². The highest BCUT2D eigenvalue weighted by molar-refractivity contribution is 5.02. The molecule has 7 nitrogen and oxygen atoms in total. The number of fused-ring (bicyclic) bond motifs is 2. The van der Waals surface area contributed by atoms with E-state index in [0.717, 1.165) is 31.6 Å². The van der Waals surface area contributed by atoms with Crippen molar-refractivity contribution < 1.29 is 24.4 Å². The van der Waals surface area contributed by atoms with E-state index in [0.29, 0.717) is 19.1 Å². The van der Waals surface area contributed by atoms with Crippen LogP contribution in [0.2, 0.25) is 0 Å². The fourth-order valence-corrected chi connectivity index (χ4v) is 6.51. The quantitative estimate of drug-likeness (QED) is 0.445. The lowest BCUT2D eigenvalue weighted by atomic mass is 9.61. The zero-order chi connectivity index (χ0) is 19.4. The molecule has 2 aliphatic carbocycles. The van der Waals surface area contributed by atoms with Crippen molar-refractivity contribution >= 4 is 0 Å². The summed E-state index contributed by atoms with van der Waals surface area (Å²) in [6, 6.07) is -0.196. The van der Waals surface area contributed by atoms with E-state index >= 15 is 0 Å². The van der Waals surface area contributed by atoms with Crippen molar-refractivity contribution in [2.75, 3.05) is 19.9 Å². The van der Waals surface area contributed by atoms with Crippen molar-refractivity contribution in [3.8, 4) is 0 Å². The molecule has 0 amide bonds. The third-order valence-electron chi connectivity index (χ3n) is 8.35.